The number of aromatic nitrogens is 1. The molecule has 2 aromatic carbocycles. The van der Waals surface area contributed by atoms with E-state index < -0.39 is 0 Å². The van der Waals surface area contributed by atoms with E-state index in [1.807, 2.05) is 37.3 Å². The molecule has 1 atom stereocenters. The quantitative estimate of drug-likeness (QED) is 0.568. The Hall–Kier alpha value is -2.35. The first-order chi connectivity index (χ1) is 14.6. The van der Waals surface area contributed by atoms with Crippen LogP contribution < -0.4 is 14.4 Å². The number of hydrogen-bond donors (Lipinski definition) is 0. The smallest absolute Gasteiger partial charge is 0.233 e. The number of fused-ring (bicyclic) bond motifs is 2. The molecule has 6 nitrogen and oxygen atoms in total. The lowest BCUT2D eigenvalue weighted by molar-refractivity contribution is -0.118. The number of nitrogens with zero attached hydrogens (tertiary/aromatic N) is 2. The first kappa shape index (κ1) is 19.6. The SMILES string of the molecule is Cc1c(Cl)ccc2sc(N(CC3CCCO3)C(=O)Cc3ccc4c(c3)OCO4)nc12. The van der Waals surface area contributed by atoms with Crippen molar-refractivity contribution in [2.75, 3.05) is 24.8 Å². The molecule has 2 aliphatic rings. The second-order valence-corrected chi connectivity index (χ2v) is 8.94. The standard InChI is InChI=1S/C22H21ClN2O4S/c1-13-16(23)5-7-19-21(13)24-22(30-19)25(11-15-3-2-8-27-15)20(26)10-14-4-6-17-18(9-14)29-12-28-17/h4-7,9,15H,2-3,8,10-12H2,1H3. The Morgan fingerprint density at radius 3 is 2.97 bits per heavy atom. The number of rotatable bonds is 5. The third-order valence-corrected chi connectivity index (χ3v) is 6.92. The molecule has 3 aromatic rings. The zero-order valence-corrected chi connectivity index (χ0v) is 18.1. The van der Waals surface area contributed by atoms with Gasteiger partial charge < -0.3 is 14.2 Å². The Bertz CT molecular complexity index is 1110. The molecule has 0 bridgehead atoms. The van der Waals surface area contributed by atoms with E-state index in [-0.39, 0.29) is 25.2 Å². The fraction of sp³-hybridized carbons (Fsp3) is 0.364. The van der Waals surface area contributed by atoms with Crippen molar-refractivity contribution in [3.8, 4) is 11.5 Å². The summed E-state index contributed by atoms with van der Waals surface area (Å²) < 4.78 is 17.6. The summed E-state index contributed by atoms with van der Waals surface area (Å²) in [6.07, 6.45) is 2.24. The Balaban J connectivity index is 1.45. The Labute approximate surface area is 183 Å². The van der Waals surface area contributed by atoms with Gasteiger partial charge in [-0.1, -0.05) is 29.0 Å². The number of benzene rings is 2. The van der Waals surface area contributed by atoms with E-state index in [0.29, 0.717) is 28.2 Å². The highest BCUT2D eigenvalue weighted by Crippen LogP contribution is 2.35. The molecule has 5 rings (SSSR count). The van der Waals surface area contributed by atoms with Crippen LogP contribution in [-0.2, 0) is 16.0 Å². The number of amides is 1. The summed E-state index contributed by atoms with van der Waals surface area (Å²) in [7, 11) is 0. The molecular weight excluding hydrogens is 424 g/mol. The van der Waals surface area contributed by atoms with Crippen molar-refractivity contribution < 1.29 is 19.0 Å². The highest BCUT2D eigenvalue weighted by Gasteiger charge is 2.27. The van der Waals surface area contributed by atoms with Gasteiger partial charge in [-0.05, 0) is 55.2 Å². The normalized spacial score (nSPS) is 17.6. The molecule has 1 fully saturated rings. The van der Waals surface area contributed by atoms with Crippen molar-refractivity contribution in [3.05, 3.63) is 46.5 Å². The number of halogens is 1. The van der Waals surface area contributed by atoms with E-state index >= 15 is 0 Å². The summed E-state index contributed by atoms with van der Waals surface area (Å²) in [5.41, 5.74) is 2.65. The minimum atomic E-state index is -0.0211. The molecule has 0 aliphatic carbocycles. The van der Waals surface area contributed by atoms with Crippen LogP contribution in [0.15, 0.2) is 30.3 Å². The van der Waals surface area contributed by atoms with Gasteiger partial charge in [0, 0.05) is 11.6 Å². The topological polar surface area (TPSA) is 60.9 Å². The predicted octanol–water partition coefficient (Wildman–Crippen LogP) is 4.74. The van der Waals surface area contributed by atoms with Crippen molar-refractivity contribution >= 4 is 44.2 Å². The zero-order chi connectivity index (χ0) is 20.7. The van der Waals surface area contributed by atoms with Crippen LogP contribution in [0.2, 0.25) is 5.02 Å². The van der Waals surface area contributed by atoms with E-state index in [1.165, 1.54) is 11.3 Å². The molecule has 1 unspecified atom stereocenters. The van der Waals surface area contributed by atoms with Crippen molar-refractivity contribution in [2.24, 2.45) is 0 Å². The number of carbonyl (C=O) groups is 1. The number of anilines is 1. The van der Waals surface area contributed by atoms with Crippen molar-refractivity contribution in [1.82, 2.24) is 4.98 Å². The van der Waals surface area contributed by atoms with Gasteiger partial charge in [0.15, 0.2) is 16.6 Å². The van der Waals surface area contributed by atoms with Crippen LogP contribution in [-0.4, -0.2) is 36.9 Å². The van der Waals surface area contributed by atoms with Crippen LogP contribution in [0.5, 0.6) is 11.5 Å². The summed E-state index contributed by atoms with van der Waals surface area (Å²) >= 11 is 7.78. The monoisotopic (exact) mass is 444 g/mol. The first-order valence-electron chi connectivity index (χ1n) is 9.94. The molecular formula is C22H21ClN2O4S. The minimum Gasteiger partial charge on any atom is -0.454 e. The molecule has 30 heavy (non-hydrogen) atoms. The first-order valence-corrected chi connectivity index (χ1v) is 11.1. The molecule has 1 saturated heterocycles. The molecule has 2 aliphatic heterocycles. The van der Waals surface area contributed by atoms with E-state index in [4.69, 9.17) is 30.8 Å². The Morgan fingerprint density at radius 1 is 1.27 bits per heavy atom. The molecule has 0 radical (unpaired) electrons. The summed E-state index contributed by atoms with van der Waals surface area (Å²) in [6.45, 7) is 3.40. The van der Waals surface area contributed by atoms with Gasteiger partial charge in [0.05, 0.1) is 29.3 Å². The van der Waals surface area contributed by atoms with Gasteiger partial charge in [0.2, 0.25) is 12.7 Å². The summed E-state index contributed by atoms with van der Waals surface area (Å²) in [5, 5.41) is 1.35. The van der Waals surface area contributed by atoms with Gasteiger partial charge in [-0.2, -0.15) is 0 Å². The summed E-state index contributed by atoms with van der Waals surface area (Å²) in [6, 6.07) is 9.45. The largest absolute Gasteiger partial charge is 0.454 e. The fourth-order valence-corrected chi connectivity index (χ4v) is 5.01. The second kappa shape index (κ2) is 8.06. The van der Waals surface area contributed by atoms with Gasteiger partial charge in [-0.25, -0.2) is 4.98 Å². The lowest BCUT2D eigenvalue weighted by Crippen LogP contribution is -2.38. The molecule has 3 heterocycles. The van der Waals surface area contributed by atoms with Gasteiger partial charge in [0.1, 0.15) is 0 Å². The summed E-state index contributed by atoms with van der Waals surface area (Å²) in [4.78, 5) is 19.9. The maximum absolute atomic E-state index is 13.4. The van der Waals surface area contributed by atoms with Crippen molar-refractivity contribution in [3.63, 3.8) is 0 Å². The average molecular weight is 445 g/mol. The number of ether oxygens (including phenoxy) is 3. The minimum absolute atomic E-state index is 0.0211. The fourth-order valence-electron chi connectivity index (χ4n) is 3.80. The third kappa shape index (κ3) is 3.73. The van der Waals surface area contributed by atoms with E-state index in [0.717, 1.165) is 40.8 Å². The maximum atomic E-state index is 13.4. The molecule has 0 spiro atoms. The molecule has 8 heteroatoms. The predicted molar refractivity (Wildman–Crippen MR) is 117 cm³/mol. The van der Waals surface area contributed by atoms with Gasteiger partial charge >= 0.3 is 0 Å². The lowest BCUT2D eigenvalue weighted by atomic mass is 10.1. The number of aryl methyl sites for hydroxylation is 1. The lowest BCUT2D eigenvalue weighted by Gasteiger charge is -2.23. The Morgan fingerprint density at radius 2 is 2.13 bits per heavy atom. The maximum Gasteiger partial charge on any atom is 0.233 e. The summed E-state index contributed by atoms with van der Waals surface area (Å²) in [5.74, 6) is 1.37. The highest BCUT2D eigenvalue weighted by atomic mass is 35.5. The molecule has 1 amide bonds. The highest BCUT2D eigenvalue weighted by molar-refractivity contribution is 7.22. The van der Waals surface area contributed by atoms with Crippen LogP contribution in [0.4, 0.5) is 5.13 Å². The molecule has 1 aromatic heterocycles. The molecule has 0 N–H and O–H groups in total. The third-order valence-electron chi connectivity index (χ3n) is 5.47. The van der Waals surface area contributed by atoms with Crippen molar-refractivity contribution in [1.29, 1.82) is 0 Å². The van der Waals surface area contributed by atoms with E-state index in [2.05, 4.69) is 0 Å². The average Bonchev–Trinajstić information content (AvgIpc) is 3.49. The Kier molecular flexibility index (Phi) is 5.26. The number of hydrogen-bond acceptors (Lipinski definition) is 6. The molecule has 156 valence electrons. The van der Waals surface area contributed by atoms with Crippen LogP contribution in [0.3, 0.4) is 0 Å². The second-order valence-electron chi connectivity index (χ2n) is 7.52. The number of thiazole rings is 1. The number of carbonyl (C=O) groups excluding carboxylic acids is 1. The molecule has 0 saturated carbocycles. The van der Waals surface area contributed by atoms with Gasteiger partial charge in [-0.15, -0.1) is 0 Å². The van der Waals surface area contributed by atoms with Crippen LogP contribution >= 0.6 is 22.9 Å². The zero-order valence-electron chi connectivity index (χ0n) is 16.5. The van der Waals surface area contributed by atoms with Crippen LogP contribution in [0, 0.1) is 6.92 Å². The van der Waals surface area contributed by atoms with E-state index in [1.54, 1.807) is 4.90 Å². The van der Waals surface area contributed by atoms with E-state index in [9.17, 15) is 4.79 Å². The van der Waals surface area contributed by atoms with Crippen molar-refractivity contribution in [2.45, 2.75) is 32.3 Å². The van der Waals surface area contributed by atoms with Crippen LogP contribution in [0.25, 0.3) is 10.2 Å². The van der Waals surface area contributed by atoms with Crippen LogP contribution in [0.1, 0.15) is 24.0 Å². The van der Waals surface area contributed by atoms with Gasteiger partial charge in [-0.3, -0.25) is 9.69 Å². The van der Waals surface area contributed by atoms with Gasteiger partial charge in [0.25, 0.3) is 0 Å².